The maximum absolute atomic E-state index is 11.6. The van der Waals surface area contributed by atoms with Gasteiger partial charge in [-0.05, 0) is 26.7 Å². The first-order chi connectivity index (χ1) is 9.08. The minimum Gasteiger partial charge on any atom is -0.355 e. The Morgan fingerprint density at radius 2 is 1.79 bits per heavy atom. The summed E-state index contributed by atoms with van der Waals surface area (Å²) in [6.07, 6.45) is 0.552. The predicted molar refractivity (Wildman–Crippen MR) is 79.0 cm³/mol. The van der Waals surface area contributed by atoms with Crippen molar-refractivity contribution in [2.75, 3.05) is 40.8 Å². The van der Waals surface area contributed by atoms with Crippen molar-refractivity contribution in [3.8, 4) is 0 Å². The van der Waals surface area contributed by atoms with E-state index in [1.807, 2.05) is 39.3 Å². The van der Waals surface area contributed by atoms with Crippen molar-refractivity contribution < 1.29 is 4.79 Å². The van der Waals surface area contributed by atoms with Gasteiger partial charge in [-0.25, -0.2) is 0 Å². The fourth-order valence-electron chi connectivity index (χ4n) is 1.77. The van der Waals surface area contributed by atoms with Gasteiger partial charge in [0.2, 0.25) is 5.91 Å². The number of carbonyl (C=O) groups excluding carboxylic acids is 1. The highest BCUT2D eigenvalue weighted by atomic mass is 16.1. The van der Waals surface area contributed by atoms with Crippen molar-refractivity contribution in [1.82, 2.24) is 15.1 Å². The van der Waals surface area contributed by atoms with Crippen LogP contribution >= 0.6 is 0 Å². The lowest BCUT2D eigenvalue weighted by Crippen LogP contribution is -2.33. The summed E-state index contributed by atoms with van der Waals surface area (Å²) in [5, 5.41) is 2.93. The van der Waals surface area contributed by atoms with Crippen LogP contribution in [0.3, 0.4) is 0 Å². The van der Waals surface area contributed by atoms with Crippen LogP contribution in [0, 0.1) is 0 Å². The largest absolute Gasteiger partial charge is 0.355 e. The van der Waals surface area contributed by atoms with E-state index in [4.69, 9.17) is 0 Å². The second-order valence-electron chi connectivity index (χ2n) is 5.13. The van der Waals surface area contributed by atoms with Gasteiger partial charge in [-0.15, -0.1) is 0 Å². The highest BCUT2D eigenvalue weighted by molar-refractivity contribution is 5.76. The van der Waals surface area contributed by atoms with E-state index in [1.165, 1.54) is 5.56 Å². The van der Waals surface area contributed by atoms with Gasteiger partial charge in [0.15, 0.2) is 0 Å². The zero-order chi connectivity index (χ0) is 14.1. The van der Waals surface area contributed by atoms with E-state index in [1.54, 1.807) is 0 Å². The van der Waals surface area contributed by atoms with Crippen LogP contribution in [0.4, 0.5) is 0 Å². The summed E-state index contributed by atoms with van der Waals surface area (Å²) in [6.45, 7) is 3.26. The lowest BCUT2D eigenvalue weighted by Gasteiger charge is -2.16. The molecule has 1 amide bonds. The molecule has 1 N–H and O–H groups in total. The van der Waals surface area contributed by atoms with Crippen molar-refractivity contribution in [3.63, 3.8) is 0 Å². The molecule has 0 bridgehead atoms. The molecule has 106 valence electrons. The minimum absolute atomic E-state index is 0.127. The smallest absolute Gasteiger partial charge is 0.221 e. The summed E-state index contributed by atoms with van der Waals surface area (Å²) in [7, 11) is 6.04. The van der Waals surface area contributed by atoms with Gasteiger partial charge in [-0.2, -0.15) is 0 Å². The molecule has 0 atom stereocenters. The topological polar surface area (TPSA) is 35.6 Å². The minimum atomic E-state index is 0.127. The zero-order valence-electron chi connectivity index (χ0n) is 12.2. The van der Waals surface area contributed by atoms with E-state index in [0.29, 0.717) is 13.0 Å². The summed E-state index contributed by atoms with van der Waals surface area (Å²) >= 11 is 0. The molecule has 0 aromatic heterocycles. The molecular formula is C15H25N3O. The van der Waals surface area contributed by atoms with Crippen molar-refractivity contribution in [3.05, 3.63) is 35.9 Å². The van der Waals surface area contributed by atoms with E-state index in [-0.39, 0.29) is 5.91 Å². The third-order valence-corrected chi connectivity index (χ3v) is 2.90. The molecular weight excluding hydrogens is 238 g/mol. The fourth-order valence-corrected chi connectivity index (χ4v) is 1.77. The third-order valence-electron chi connectivity index (χ3n) is 2.90. The molecule has 0 saturated heterocycles. The van der Waals surface area contributed by atoms with Gasteiger partial charge >= 0.3 is 0 Å². The van der Waals surface area contributed by atoms with Crippen LogP contribution in [-0.4, -0.2) is 56.5 Å². The summed E-state index contributed by atoms with van der Waals surface area (Å²) in [5.74, 6) is 0.127. The van der Waals surface area contributed by atoms with Gasteiger partial charge in [-0.3, -0.25) is 4.79 Å². The first-order valence-electron chi connectivity index (χ1n) is 6.72. The molecule has 0 unspecified atom stereocenters. The van der Waals surface area contributed by atoms with Crippen LogP contribution in [0.25, 0.3) is 0 Å². The molecule has 0 aliphatic heterocycles. The maximum Gasteiger partial charge on any atom is 0.221 e. The molecule has 4 nitrogen and oxygen atoms in total. The van der Waals surface area contributed by atoms with Crippen LogP contribution in [0.5, 0.6) is 0 Å². The summed E-state index contributed by atoms with van der Waals surface area (Å²) in [5.41, 5.74) is 1.28. The summed E-state index contributed by atoms with van der Waals surface area (Å²) in [6, 6.07) is 10.3. The summed E-state index contributed by atoms with van der Waals surface area (Å²) in [4.78, 5) is 15.8. The number of hydrogen-bond donors (Lipinski definition) is 1. The van der Waals surface area contributed by atoms with Crippen LogP contribution < -0.4 is 5.32 Å². The Labute approximate surface area is 116 Å². The molecule has 0 aliphatic rings. The lowest BCUT2D eigenvalue weighted by atomic mass is 10.2. The number of benzene rings is 1. The zero-order valence-corrected chi connectivity index (χ0v) is 12.2. The lowest BCUT2D eigenvalue weighted by molar-refractivity contribution is -0.121. The van der Waals surface area contributed by atoms with E-state index in [0.717, 1.165) is 19.6 Å². The number of likely N-dealkylation sites (N-methyl/N-ethyl adjacent to an activating group) is 1. The Bertz CT molecular complexity index is 365. The van der Waals surface area contributed by atoms with Crippen LogP contribution in [0.1, 0.15) is 12.0 Å². The Kier molecular flexibility index (Phi) is 7.15. The predicted octanol–water partition coefficient (Wildman–Crippen LogP) is 1.19. The van der Waals surface area contributed by atoms with E-state index in [9.17, 15) is 4.79 Å². The first-order valence-corrected chi connectivity index (χ1v) is 6.72. The number of carbonyl (C=O) groups is 1. The second kappa shape index (κ2) is 8.67. The normalized spacial score (nSPS) is 11.0. The molecule has 0 aliphatic carbocycles. The third kappa shape index (κ3) is 7.59. The molecule has 1 aromatic rings. The van der Waals surface area contributed by atoms with Crippen molar-refractivity contribution in [1.29, 1.82) is 0 Å². The van der Waals surface area contributed by atoms with Crippen LogP contribution in [0.2, 0.25) is 0 Å². The number of amides is 1. The SMILES string of the molecule is CN(C)CCNC(=O)CCN(C)Cc1ccccc1. The maximum atomic E-state index is 11.6. The molecule has 0 spiro atoms. The molecule has 0 radical (unpaired) electrons. The number of nitrogens with zero attached hydrogens (tertiary/aromatic N) is 2. The van der Waals surface area contributed by atoms with E-state index >= 15 is 0 Å². The number of hydrogen-bond acceptors (Lipinski definition) is 3. The van der Waals surface area contributed by atoms with Crippen LogP contribution in [0.15, 0.2) is 30.3 Å². The average Bonchev–Trinajstić information content (AvgIpc) is 2.37. The Morgan fingerprint density at radius 1 is 1.11 bits per heavy atom. The molecule has 0 saturated carbocycles. The monoisotopic (exact) mass is 263 g/mol. The second-order valence-corrected chi connectivity index (χ2v) is 5.13. The van der Waals surface area contributed by atoms with E-state index in [2.05, 4.69) is 27.2 Å². The molecule has 1 rings (SSSR count). The average molecular weight is 263 g/mol. The Morgan fingerprint density at radius 3 is 2.42 bits per heavy atom. The van der Waals surface area contributed by atoms with E-state index < -0.39 is 0 Å². The van der Waals surface area contributed by atoms with Gasteiger partial charge in [0.1, 0.15) is 0 Å². The molecule has 19 heavy (non-hydrogen) atoms. The fraction of sp³-hybridized carbons (Fsp3) is 0.533. The number of nitrogens with one attached hydrogen (secondary N) is 1. The molecule has 0 heterocycles. The quantitative estimate of drug-likeness (QED) is 0.765. The van der Waals surface area contributed by atoms with Gasteiger partial charge in [0, 0.05) is 32.6 Å². The van der Waals surface area contributed by atoms with Gasteiger partial charge in [-0.1, -0.05) is 30.3 Å². The van der Waals surface area contributed by atoms with Gasteiger partial charge in [0.25, 0.3) is 0 Å². The van der Waals surface area contributed by atoms with Gasteiger partial charge < -0.3 is 15.1 Å². The van der Waals surface area contributed by atoms with Crippen molar-refractivity contribution in [2.24, 2.45) is 0 Å². The van der Waals surface area contributed by atoms with Gasteiger partial charge in [0.05, 0.1) is 0 Å². The highest BCUT2D eigenvalue weighted by Crippen LogP contribution is 2.02. The van der Waals surface area contributed by atoms with Crippen molar-refractivity contribution in [2.45, 2.75) is 13.0 Å². The molecule has 4 heteroatoms. The Hall–Kier alpha value is -1.39. The molecule has 1 aromatic carbocycles. The molecule has 0 fully saturated rings. The van der Waals surface area contributed by atoms with Crippen molar-refractivity contribution >= 4 is 5.91 Å². The first kappa shape index (κ1) is 15.7. The summed E-state index contributed by atoms with van der Waals surface area (Å²) < 4.78 is 0. The number of rotatable bonds is 8. The Balaban J connectivity index is 2.16. The van der Waals surface area contributed by atoms with Crippen LogP contribution in [-0.2, 0) is 11.3 Å². The standard InChI is InChI=1S/C15H25N3O/c1-17(2)12-10-16-15(19)9-11-18(3)13-14-7-5-4-6-8-14/h4-8H,9-13H2,1-3H3,(H,16,19). The highest BCUT2D eigenvalue weighted by Gasteiger charge is 2.04.